The summed E-state index contributed by atoms with van der Waals surface area (Å²) >= 11 is 0. The van der Waals surface area contributed by atoms with E-state index in [0.717, 1.165) is 43.1 Å². The van der Waals surface area contributed by atoms with Gasteiger partial charge in [-0.25, -0.2) is 9.97 Å². The fourth-order valence-corrected chi connectivity index (χ4v) is 3.26. The van der Waals surface area contributed by atoms with Crippen LogP contribution in [-0.4, -0.2) is 35.0 Å². The molecule has 1 saturated heterocycles. The maximum absolute atomic E-state index is 12.6. The minimum atomic E-state index is -4.45. The van der Waals surface area contributed by atoms with E-state index in [9.17, 15) is 18.0 Å². The van der Waals surface area contributed by atoms with Gasteiger partial charge in [0.15, 0.2) is 0 Å². The van der Waals surface area contributed by atoms with Crippen LogP contribution in [0.4, 0.5) is 13.2 Å². The van der Waals surface area contributed by atoms with E-state index in [-0.39, 0.29) is 11.8 Å². The maximum Gasteiger partial charge on any atom is 0.417 e. The van der Waals surface area contributed by atoms with Gasteiger partial charge >= 0.3 is 6.18 Å². The van der Waals surface area contributed by atoms with Gasteiger partial charge in [-0.05, 0) is 49.7 Å². The topological polar surface area (TPSA) is 76.1 Å². The molecule has 0 unspecified atom stereocenters. The first-order valence-electron chi connectivity index (χ1n) is 9.52. The third-order valence-electron chi connectivity index (χ3n) is 4.85. The van der Waals surface area contributed by atoms with Crippen molar-refractivity contribution in [3.63, 3.8) is 0 Å². The number of carbonyl (C=O) groups is 1. The van der Waals surface area contributed by atoms with Gasteiger partial charge in [-0.3, -0.25) is 4.79 Å². The molecule has 0 bridgehead atoms. The van der Waals surface area contributed by atoms with Gasteiger partial charge < -0.3 is 15.4 Å². The number of benzene rings is 1. The van der Waals surface area contributed by atoms with Crippen molar-refractivity contribution >= 4 is 16.8 Å². The summed E-state index contributed by atoms with van der Waals surface area (Å²) in [6, 6.07) is 10.7. The number of carbonyl (C=O) groups excluding carboxylic acids is 1. The maximum atomic E-state index is 12.6. The van der Waals surface area contributed by atoms with Gasteiger partial charge in [0.05, 0.1) is 11.1 Å². The van der Waals surface area contributed by atoms with Crippen LogP contribution in [0.15, 0.2) is 48.7 Å². The zero-order chi connectivity index (χ0) is 21.1. The van der Waals surface area contributed by atoms with Crippen molar-refractivity contribution in [1.29, 1.82) is 0 Å². The zero-order valence-corrected chi connectivity index (χ0v) is 15.9. The Morgan fingerprint density at radius 3 is 2.77 bits per heavy atom. The molecule has 9 heteroatoms. The number of fused-ring (bicyclic) bond motifs is 1. The monoisotopic (exact) mass is 416 g/mol. The molecular formula is C21H19F3N4O2. The second-order valence-electron chi connectivity index (χ2n) is 7.04. The predicted octanol–water partition coefficient (Wildman–Crippen LogP) is 3.92. The quantitative estimate of drug-likeness (QED) is 0.659. The number of pyridine rings is 2. The Hall–Kier alpha value is -3.20. The van der Waals surface area contributed by atoms with Crippen LogP contribution < -0.4 is 15.4 Å². The average Bonchev–Trinajstić information content (AvgIpc) is 3.25. The first-order chi connectivity index (χ1) is 14.4. The predicted molar refractivity (Wildman–Crippen MR) is 104 cm³/mol. The van der Waals surface area contributed by atoms with Crippen molar-refractivity contribution in [2.24, 2.45) is 0 Å². The van der Waals surface area contributed by atoms with Crippen molar-refractivity contribution in [3.05, 3.63) is 59.9 Å². The summed E-state index contributed by atoms with van der Waals surface area (Å²) in [6.45, 7) is 1.53. The van der Waals surface area contributed by atoms with Crippen LogP contribution in [0.25, 0.3) is 10.9 Å². The molecule has 1 atom stereocenters. The summed E-state index contributed by atoms with van der Waals surface area (Å²) in [6.07, 6.45) is -1.56. The van der Waals surface area contributed by atoms with Crippen LogP contribution in [0.5, 0.6) is 11.6 Å². The molecule has 4 rings (SSSR count). The Kier molecular flexibility index (Phi) is 5.54. The second kappa shape index (κ2) is 8.27. The van der Waals surface area contributed by atoms with E-state index in [2.05, 4.69) is 20.6 Å². The lowest BCUT2D eigenvalue weighted by Crippen LogP contribution is -2.37. The van der Waals surface area contributed by atoms with Crippen molar-refractivity contribution in [2.45, 2.75) is 25.1 Å². The highest BCUT2D eigenvalue weighted by Crippen LogP contribution is 2.30. The van der Waals surface area contributed by atoms with Gasteiger partial charge in [-0.2, -0.15) is 13.2 Å². The largest absolute Gasteiger partial charge is 0.439 e. The van der Waals surface area contributed by atoms with Gasteiger partial charge in [0.2, 0.25) is 5.88 Å². The fourth-order valence-electron chi connectivity index (χ4n) is 3.26. The van der Waals surface area contributed by atoms with Crippen LogP contribution in [0, 0.1) is 0 Å². The van der Waals surface area contributed by atoms with Gasteiger partial charge in [0.1, 0.15) is 11.4 Å². The molecule has 0 radical (unpaired) electrons. The Bertz CT molecular complexity index is 1050. The minimum absolute atomic E-state index is 0.0480. The van der Waals surface area contributed by atoms with Crippen molar-refractivity contribution in [1.82, 2.24) is 20.6 Å². The number of halogens is 3. The lowest BCUT2D eigenvalue weighted by molar-refractivity contribution is -0.137. The highest BCUT2D eigenvalue weighted by atomic mass is 19.4. The van der Waals surface area contributed by atoms with Crippen molar-refractivity contribution < 1.29 is 22.7 Å². The van der Waals surface area contributed by atoms with Crippen LogP contribution in [0.3, 0.4) is 0 Å². The van der Waals surface area contributed by atoms with Gasteiger partial charge in [-0.1, -0.05) is 6.07 Å². The molecule has 1 aliphatic heterocycles. The lowest BCUT2D eigenvalue weighted by atomic mass is 10.2. The summed E-state index contributed by atoms with van der Waals surface area (Å²) in [4.78, 5) is 20.4. The highest BCUT2D eigenvalue weighted by Gasteiger charge is 2.30. The Morgan fingerprint density at radius 2 is 2.07 bits per heavy atom. The number of hydrogen-bond acceptors (Lipinski definition) is 5. The van der Waals surface area contributed by atoms with E-state index in [0.29, 0.717) is 29.5 Å². The third-order valence-corrected chi connectivity index (χ3v) is 4.85. The van der Waals surface area contributed by atoms with Crippen LogP contribution in [0.1, 0.15) is 28.9 Å². The summed E-state index contributed by atoms with van der Waals surface area (Å²) in [5.74, 6) is 0.216. The Morgan fingerprint density at radius 1 is 1.20 bits per heavy atom. The molecule has 1 fully saturated rings. The number of nitrogens with zero attached hydrogens (tertiary/aromatic N) is 2. The first-order valence-corrected chi connectivity index (χ1v) is 9.52. The van der Waals surface area contributed by atoms with Crippen molar-refractivity contribution in [2.75, 3.05) is 13.1 Å². The van der Waals surface area contributed by atoms with Crippen LogP contribution >= 0.6 is 0 Å². The minimum Gasteiger partial charge on any atom is -0.439 e. The number of amides is 1. The molecule has 0 aliphatic carbocycles. The van der Waals surface area contributed by atoms with Gasteiger partial charge in [-0.15, -0.1) is 0 Å². The first kappa shape index (κ1) is 20.1. The molecule has 1 aliphatic rings. The van der Waals surface area contributed by atoms with Gasteiger partial charge in [0, 0.05) is 30.2 Å². The van der Waals surface area contributed by atoms with Crippen LogP contribution in [-0.2, 0) is 6.18 Å². The summed E-state index contributed by atoms with van der Waals surface area (Å²) in [5, 5.41) is 6.94. The number of alkyl halides is 3. The lowest BCUT2D eigenvalue weighted by Gasteiger charge is -2.11. The molecule has 6 nitrogen and oxygen atoms in total. The van der Waals surface area contributed by atoms with E-state index < -0.39 is 11.7 Å². The van der Waals surface area contributed by atoms with E-state index in [4.69, 9.17) is 4.74 Å². The number of ether oxygens (including phenoxy) is 1. The molecule has 1 aromatic carbocycles. The highest BCUT2D eigenvalue weighted by molar-refractivity contribution is 5.95. The Labute approximate surface area is 170 Å². The summed E-state index contributed by atoms with van der Waals surface area (Å²) in [5.41, 5.74) is 0.0834. The van der Waals surface area contributed by atoms with Gasteiger partial charge in [0.25, 0.3) is 5.91 Å². The number of nitrogens with one attached hydrogen (secondary N) is 2. The second-order valence-corrected chi connectivity index (χ2v) is 7.04. The molecule has 2 N–H and O–H groups in total. The molecule has 2 aromatic heterocycles. The summed E-state index contributed by atoms with van der Waals surface area (Å²) < 4.78 is 43.4. The SMILES string of the molecule is O=C(NC[C@H]1CCCN1)c1ccc2cc(Oc3ccc(C(F)(F)F)cn3)ccc2n1. The van der Waals surface area contributed by atoms with E-state index in [1.807, 2.05) is 0 Å². The normalized spacial score (nSPS) is 16.6. The Balaban J connectivity index is 1.44. The molecule has 3 aromatic rings. The molecule has 1 amide bonds. The molecular weight excluding hydrogens is 397 g/mol. The molecule has 3 heterocycles. The summed E-state index contributed by atoms with van der Waals surface area (Å²) in [7, 11) is 0. The molecule has 30 heavy (non-hydrogen) atoms. The molecule has 0 saturated carbocycles. The smallest absolute Gasteiger partial charge is 0.417 e. The molecule has 0 spiro atoms. The third kappa shape index (κ3) is 4.68. The number of aromatic nitrogens is 2. The average molecular weight is 416 g/mol. The fraction of sp³-hybridized carbons (Fsp3) is 0.286. The molecule has 156 valence electrons. The zero-order valence-electron chi connectivity index (χ0n) is 15.9. The van der Waals surface area contributed by atoms with E-state index >= 15 is 0 Å². The van der Waals surface area contributed by atoms with E-state index in [1.54, 1.807) is 30.3 Å². The standard InChI is InChI=1S/C21H19F3N4O2/c22-21(23,24)14-4-8-19(26-11-14)30-16-5-7-17-13(10-16)3-6-18(28-17)20(29)27-12-15-2-1-9-25-15/h3-8,10-11,15,25H,1-2,9,12H2,(H,27,29)/t15-/m1/s1. The van der Waals surface area contributed by atoms with E-state index in [1.165, 1.54) is 0 Å². The van der Waals surface area contributed by atoms with Crippen LogP contribution in [0.2, 0.25) is 0 Å². The van der Waals surface area contributed by atoms with Crippen molar-refractivity contribution in [3.8, 4) is 11.6 Å². The number of hydrogen-bond donors (Lipinski definition) is 2. The number of rotatable bonds is 5.